The lowest BCUT2D eigenvalue weighted by molar-refractivity contribution is 0.152. The summed E-state index contributed by atoms with van der Waals surface area (Å²) in [6.07, 6.45) is 6.81. The normalized spacial score (nSPS) is 14.6. The van der Waals surface area contributed by atoms with E-state index >= 15 is 0 Å². The van der Waals surface area contributed by atoms with E-state index in [-0.39, 0.29) is 6.10 Å². The Kier molecular flexibility index (Phi) is 6.24. The van der Waals surface area contributed by atoms with Gasteiger partial charge in [-0.2, -0.15) is 0 Å². The highest BCUT2D eigenvalue weighted by molar-refractivity contribution is 4.82. The van der Waals surface area contributed by atoms with Gasteiger partial charge in [-0.25, -0.2) is 0 Å². The Labute approximate surface area is 70.1 Å². The van der Waals surface area contributed by atoms with Crippen LogP contribution in [0.1, 0.15) is 40.0 Å². The highest BCUT2D eigenvalue weighted by Crippen LogP contribution is 2.07. The van der Waals surface area contributed by atoms with Gasteiger partial charge in [0.05, 0.1) is 6.10 Å². The van der Waals surface area contributed by atoms with Crippen LogP contribution in [0.4, 0.5) is 0 Å². The molecule has 0 saturated carbocycles. The van der Waals surface area contributed by atoms with E-state index in [2.05, 4.69) is 32.9 Å². The van der Waals surface area contributed by atoms with Crippen molar-refractivity contribution in [2.75, 3.05) is 0 Å². The van der Waals surface area contributed by atoms with Gasteiger partial charge in [0.15, 0.2) is 0 Å². The predicted octanol–water partition coefficient (Wildman–Crippen LogP) is 2.75. The molecule has 1 N–H and O–H groups in total. The molecule has 0 aliphatic heterocycles. The Bertz CT molecular complexity index is 105. The third-order valence-corrected chi connectivity index (χ3v) is 1.55. The summed E-state index contributed by atoms with van der Waals surface area (Å²) >= 11 is 0. The van der Waals surface area contributed by atoms with Crippen LogP contribution in [-0.2, 0) is 0 Å². The zero-order chi connectivity index (χ0) is 8.69. The second-order valence-corrected chi connectivity index (χ2v) is 3.40. The zero-order valence-corrected chi connectivity index (χ0v) is 7.88. The van der Waals surface area contributed by atoms with E-state index in [1.54, 1.807) is 0 Å². The maximum Gasteiger partial charge on any atom is 0.0577 e. The van der Waals surface area contributed by atoms with Crippen molar-refractivity contribution in [3.63, 3.8) is 0 Å². The highest BCUT2D eigenvalue weighted by atomic mass is 16.3. The summed E-state index contributed by atoms with van der Waals surface area (Å²) in [5, 5.41) is 9.39. The van der Waals surface area contributed by atoms with Crippen LogP contribution in [0.15, 0.2) is 12.2 Å². The van der Waals surface area contributed by atoms with E-state index in [4.69, 9.17) is 0 Å². The molecular weight excluding hydrogens is 136 g/mol. The van der Waals surface area contributed by atoms with Crippen molar-refractivity contribution in [3.8, 4) is 0 Å². The van der Waals surface area contributed by atoms with Crippen molar-refractivity contribution >= 4 is 0 Å². The summed E-state index contributed by atoms with van der Waals surface area (Å²) in [4.78, 5) is 0. The first-order valence-electron chi connectivity index (χ1n) is 4.49. The van der Waals surface area contributed by atoms with E-state index in [1.807, 2.05) is 0 Å². The van der Waals surface area contributed by atoms with Gasteiger partial charge in [-0.1, -0.05) is 32.9 Å². The van der Waals surface area contributed by atoms with Crippen molar-refractivity contribution in [2.24, 2.45) is 5.92 Å². The van der Waals surface area contributed by atoms with Gasteiger partial charge in [-0.05, 0) is 25.2 Å². The number of aliphatic hydroxyl groups is 1. The molecule has 0 aliphatic rings. The summed E-state index contributed by atoms with van der Waals surface area (Å²) in [5.74, 6) is 0.597. The Morgan fingerprint density at radius 2 is 1.91 bits per heavy atom. The van der Waals surface area contributed by atoms with Crippen LogP contribution < -0.4 is 0 Å². The van der Waals surface area contributed by atoms with Crippen LogP contribution in [0.5, 0.6) is 0 Å². The van der Waals surface area contributed by atoms with Crippen LogP contribution in [0.2, 0.25) is 0 Å². The molecule has 0 bridgehead atoms. The van der Waals surface area contributed by atoms with Crippen molar-refractivity contribution in [3.05, 3.63) is 12.2 Å². The third-order valence-electron chi connectivity index (χ3n) is 1.55. The summed E-state index contributed by atoms with van der Waals surface area (Å²) in [7, 11) is 0. The molecule has 66 valence electrons. The fourth-order valence-corrected chi connectivity index (χ4v) is 1.06. The van der Waals surface area contributed by atoms with Gasteiger partial charge in [-0.3, -0.25) is 0 Å². The van der Waals surface area contributed by atoms with Crippen molar-refractivity contribution in [1.29, 1.82) is 0 Å². The van der Waals surface area contributed by atoms with Gasteiger partial charge in [0.2, 0.25) is 0 Å². The maximum absolute atomic E-state index is 9.39. The van der Waals surface area contributed by atoms with Crippen molar-refractivity contribution in [1.82, 2.24) is 0 Å². The minimum atomic E-state index is -0.141. The van der Waals surface area contributed by atoms with Gasteiger partial charge >= 0.3 is 0 Å². The SMILES string of the molecule is CCC=CCC(O)CC(C)C. The minimum absolute atomic E-state index is 0.141. The maximum atomic E-state index is 9.39. The fourth-order valence-electron chi connectivity index (χ4n) is 1.06. The van der Waals surface area contributed by atoms with E-state index in [9.17, 15) is 5.11 Å². The zero-order valence-electron chi connectivity index (χ0n) is 7.88. The molecule has 0 aromatic carbocycles. The molecule has 0 amide bonds. The Hall–Kier alpha value is -0.300. The van der Waals surface area contributed by atoms with Crippen molar-refractivity contribution < 1.29 is 5.11 Å². The smallest absolute Gasteiger partial charge is 0.0577 e. The van der Waals surface area contributed by atoms with Crippen LogP contribution in [-0.4, -0.2) is 11.2 Å². The molecule has 0 radical (unpaired) electrons. The first kappa shape index (κ1) is 10.7. The topological polar surface area (TPSA) is 20.2 Å². The van der Waals surface area contributed by atoms with E-state index in [0.717, 1.165) is 19.3 Å². The van der Waals surface area contributed by atoms with Crippen molar-refractivity contribution in [2.45, 2.75) is 46.1 Å². The average molecular weight is 156 g/mol. The molecule has 0 aromatic rings. The van der Waals surface area contributed by atoms with Crippen LogP contribution in [0.25, 0.3) is 0 Å². The standard InChI is InChI=1S/C10H20O/c1-4-5-6-7-10(11)8-9(2)3/h5-6,9-11H,4,7-8H2,1-3H3. The Morgan fingerprint density at radius 1 is 1.27 bits per heavy atom. The molecule has 1 nitrogen and oxygen atoms in total. The summed E-state index contributed by atoms with van der Waals surface area (Å²) < 4.78 is 0. The quantitative estimate of drug-likeness (QED) is 0.607. The number of hydrogen-bond donors (Lipinski definition) is 1. The second-order valence-electron chi connectivity index (χ2n) is 3.40. The molecule has 1 unspecified atom stereocenters. The highest BCUT2D eigenvalue weighted by Gasteiger charge is 2.03. The Morgan fingerprint density at radius 3 is 2.36 bits per heavy atom. The molecule has 0 aliphatic carbocycles. The summed E-state index contributed by atoms with van der Waals surface area (Å²) in [6, 6.07) is 0. The summed E-state index contributed by atoms with van der Waals surface area (Å²) in [5.41, 5.74) is 0. The van der Waals surface area contributed by atoms with Crippen LogP contribution in [0, 0.1) is 5.92 Å². The van der Waals surface area contributed by atoms with Gasteiger partial charge in [0, 0.05) is 0 Å². The fraction of sp³-hybridized carbons (Fsp3) is 0.800. The molecule has 0 heterocycles. The molecule has 0 saturated heterocycles. The molecule has 0 rings (SSSR count). The molecule has 0 fully saturated rings. The lowest BCUT2D eigenvalue weighted by Crippen LogP contribution is -2.08. The molecule has 0 aromatic heterocycles. The monoisotopic (exact) mass is 156 g/mol. The van der Waals surface area contributed by atoms with Gasteiger partial charge in [0.1, 0.15) is 0 Å². The van der Waals surface area contributed by atoms with E-state index in [0.29, 0.717) is 5.92 Å². The second kappa shape index (κ2) is 6.41. The molecule has 1 atom stereocenters. The Balaban J connectivity index is 3.36. The van der Waals surface area contributed by atoms with E-state index < -0.39 is 0 Å². The van der Waals surface area contributed by atoms with Gasteiger partial charge in [0.25, 0.3) is 0 Å². The first-order valence-corrected chi connectivity index (χ1v) is 4.49. The molecule has 1 heteroatoms. The van der Waals surface area contributed by atoms with Gasteiger partial charge in [-0.15, -0.1) is 0 Å². The number of aliphatic hydroxyl groups excluding tert-OH is 1. The summed E-state index contributed by atoms with van der Waals surface area (Å²) in [6.45, 7) is 6.37. The minimum Gasteiger partial charge on any atom is -0.393 e. The average Bonchev–Trinajstić information content (AvgIpc) is 1.86. The number of allylic oxidation sites excluding steroid dienone is 1. The lowest BCUT2D eigenvalue weighted by Gasteiger charge is -2.09. The van der Waals surface area contributed by atoms with Crippen LogP contribution >= 0.6 is 0 Å². The van der Waals surface area contributed by atoms with E-state index in [1.165, 1.54) is 0 Å². The lowest BCUT2D eigenvalue weighted by atomic mass is 10.0. The molecule has 11 heavy (non-hydrogen) atoms. The molecular formula is C10H20O. The largest absolute Gasteiger partial charge is 0.393 e. The van der Waals surface area contributed by atoms with Gasteiger partial charge < -0.3 is 5.11 Å². The molecule has 0 spiro atoms. The number of hydrogen-bond acceptors (Lipinski definition) is 1. The first-order chi connectivity index (χ1) is 5.16. The predicted molar refractivity (Wildman–Crippen MR) is 49.5 cm³/mol. The number of rotatable bonds is 5. The van der Waals surface area contributed by atoms with Crippen LogP contribution in [0.3, 0.4) is 0 Å². The third kappa shape index (κ3) is 7.60.